The number of nitrogens with zero attached hydrogens (tertiary/aromatic N) is 3. The summed E-state index contributed by atoms with van der Waals surface area (Å²) in [5.74, 6) is 0.755. The van der Waals surface area contributed by atoms with E-state index in [0.29, 0.717) is 12.2 Å². The summed E-state index contributed by atoms with van der Waals surface area (Å²) in [6, 6.07) is 13.2. The number of aromatic nitrogens is 3. The van der Waals surface area contributed by atoms with E-state index in [1.807, 2.05) is 35.8 Å². The Balaban J connectivity index is 2.00. The SMILES string of the molecule is COc1ccc(Cn2cncn2)cc1-c1cccc(N[O-])c1. The van der Waals surface area contributed by atoms with Crippen molar-refractivity contribution in [2.75, 3.05) is 12.6 Å². The summed E-state index contributed by atoms with van der Waals surface area (Å²) >= 11 is 0. The van der Waals surface area contributed by atoms with Crippen molar-refractivity contribution in [2.24, 2.45) is 0 Å². The number of anilines is 1. The zero-order valence-corrected chi connectivity index (χ0v) is 12.1. The van der Waals surface area contributed by atoms with E-state index in [0.717, 1.165) is 22.4 Å². The van der Waals surface area contributed by atoms with Gasteiger partial charge in [-0.3, -0.25) is 0 Å². The molecule has 0 bridgehead atoms. The van der Waals surface area contributed by atoms with Gasteiger partial charge >= 0.3 is 0 Å². The van der Waals surface area contributed by atoms with Gasteiger partial charge in [-0.05, 0) is 35.4 Å². The van der Waals surface area contributed by atoms with E-state index in [2.05, 4.69) is 10.1 Å². The molecule has 0 unspecified atom stereocenters. The molecule has 0 radical (unpaired) electrons. The lowest BCUT2D eigenvalue weighted by atomic mass is 10.0. The Hall–Kier alpha value is -2.86. The standard InChI is InChI=1S/C16H15N4O2/c1-22-16-6-5-12(9-20-11-17-10-18-20)7-15(16)13-3-2-4-14(8-13)19-21/h2-8,10-11,19H,9H2,1H3/q-1. The van der Waals surface area contributed by atoms with Crippen LogP contribution < -0.4 is 10.2 Å². The van der Waals surface area contributed by atoms with Gasteiger partial charge in [0.25, 0.3) is 0 Å². The molecular formula is C16H15N4O2-. The third kappa shape index (κ3) is 2.91. The van der Waals surface area contributed by atoms with Crippen molar-refractivity contribution in [3.05, 3.63) is 65.9 Å². The highest BCUT2D eigenvalue weighted by atomic mass is 16.5. The lowest BCUT2D eigenvalue weighted by molar-refractivity contribution is 0.416. The first kappa shape index (κ1) is 14.1. The zero-order valence-electron chi connectivity index (χ0n) is 12.1. The van der Waals surface area contributed by atoms with Crippen LogP contribution in [0.25, 0.3) is 11.1 Å². The van der Waals surface area contributed by atoms with Crippen molar-refractivity contribution >= 4 is 5.69 Å². The first-order valence-electron chi connectivity index (χ1n) is 6.78. The number of hydrogen-bond donors (Lipinski definition) is 1. The molecule has 0 aliphatic heterocycles. The number of ether oxygens (including phenoxy) is 1. The van der Waals surface area contributed by atoms with E-state index in [1.54, 1.807) is 30.3 Å². The first-order valence-corrected chi connectivity index (χ1v) is 6.78. The van der Waals surface area contributed by atoms with Crippen molar-refractivity contribution in [1.29, 1.82) is 0 Å². The predicted molar refractivity (Wildman–Crippen MR) is 84.5 cm³/mol. The smallest absolute Gasteiger partial charge is 0.137 e. The molecule has 6 heteroatoms. The Bertz CT molecular complexity index is 757. The Morgan fingerprint density at radius 2 is 2.14 bits per heavy atom. The lowest BCUT2D eigenvalue weighted by Gasteiger charge is -2.14. The maximum absolute atomic E-state index is 10.8. The third-order valence-corrected chi connectivity index (χ3v) is 3.37. The topological polar surface area (TPSA) is 75.0 Å². The Kier molecular flexibility index (Phi) is 4.02. The quantitative estimate of drug-likeness (QED) is 0.732. The highest BCUT2D eigenvalue weighted by Gasteiger charge is 2.08. The molecule has 1 aromatic heterocycles. The van der Waals surface area contributed by atoms with E-state index in [9.17, 15) is 5.21 Å². The zero-order chi connectivity index (χ0) is 15.4. The molecule has 0 atom stereocenters. The molecule has 0 aliphatic rings. The van der Waals surface area contributed by atoms with Crippen molar-refractivity contribution in [1.82, 2.24) is 14.8 Å². The molecule has 22 heavy (non-hydrogen) atoms. The number of nitrogens with one attached hydrogen (secondary N) is 1. The number of hydrogen-bond acceptors (Lipinski definition) is 5. The van der Waals surface area contributed by atoms with E-state index in [1.165, 1.54) is 6.33 Å². The molecule has 112 valence electrons. The molecule has 0 fully saturated rings. The van der Waals surface area contributed by atoms with Gasteiger partial charge in [0.05, 0.1) is 13.7 Å². The summed E-state index contributed by atoms with van der Waals surface area (Å²) < 4.78 is 7.18. The van der Waals surface area contributed by atoms with Gasteiger partial charge in [0, 0.05) is 11.3 Å². The summed E-state index contributed by atoms with van der Waals surface area (Å²) in [7, 11) is 1.63. The van der Waals surface area contributed by atoms with Crippen LogP contribution in [0, 0.1) is 5.21 Å². The van der Waals surface area contributed by atoms with Crippen molar-refractivity contribution < 1.29 is 4.74 Å². The first-order chi connectivity index (χ1) is 10.8. The summed E-state index contributed by atoms with van der Waals surface area (Å²) in [6.07, 6.45) is 3.18. The van der Waals surface area contributed by atoms with Crippen LogP contribution in [0.15, 0.2) is 55.1 Å². The van der Waals surface area contributed by atoms with Crippen molar-refractivity contribution in [2.45, 2.75) is 6.54 Å². The second-order valence-corrected chi connectivity index (χ2v) is 4.81. The average molecular weight is 295 g/mol. The molecule has 1 heterocycles. The Labute approximate surface area is 128 Å². The van der Waals surface area contributed by atoms with Gasteiger partial charge in [0.1, 0.15) is 18.4 Å². The van der Waals surface area contributed by atoms with Gasteiger partial charge in [0.2, 0.25) is 0 Å². The second-order valence-electron chi connectivity index (χ2n) is 4.81. The van der Waals surface area contributed by atoms with Crippen molar-refractivity contribution in [3.8, 4) is 16.9 Å². The van der Waals surface area contributed by atoms with Crippen LogP contribution in [0.3, 0.4) is 0 Å². The van der Waals surface area contributed by atoms with Crippen LogP contribution >= 0.6 is 0 Å². The molecular weight excluding hydrogens is 280 g/mol. The van der Waals surface area contributed by atoms with Crippen LogP contribution in [-0.2, 0) is 6.54 Å². The van der Waals surface area contributed by atoms with Gasteiger partial charge < -0.3 is 15.4 Å². The molecule has 3 aromatic rings. The summed E-state index contributed by atoms with van der Waals surface area (Å²) in [5.41, 5.74) is 5.34. The van der Waals surface area contributed by atoms with Gasteiger partial charge in [-0.15, -0.1) is 0 Å². The second kappa shape index (κ2) is 6.28. The maximum atomic E-state index is 10.8. The normalized spacial score (nSPS) is 10.5. The molecule has 6 nitrogen and oxygen atoms in total. The van der Waals surface area contributed by atoms with Gasteiger partial charge in [0.15, 0.2) is 0 Å². The molecule has 2 aromatic carbocycles. The Morgan fingerprint density at radius 1 is 1.23 bits per heavy atom. The van der Waals surface area contributed by atoms with Gasteiger partial charge in [-0.2, -0.15) is 5.10 Å². The predicted octanol–water partition coefficient (Wildman–Crippen LogP) is 2.91. The number of rotatable bonds is 5. The fraction of sp³-hybridized carbons (Fsp3) is 0.125. The molecule has 3 rings (SSSR count). The molecule has 1 N–H and O–H groups in total. The summed E-state index contributed by atoms with van der Waals surface area (Å²) in [6.45, 7) is 0.622. The average Bonchev–Trinajstić information content (AvgIpc) is 3.08. The minimum absolute atomic E-state index is 0.515. The van der Waals surface area contributed by atoms with Crippen LogP contribution in [0.2, 0.25) is 0 Å². The number of benzene rings is 2. The molecule has 0 saturated heterocycles. The maximum Gasteiger partial charge on any atom is 0.137 e. The largest absolute Gasteiger partial charge is 0.761 e. The fourth-order valence-corrected chi connectivity index (χ4v) is 2.33. The van der Waals surface area contributed by atoms with Crippen LogP contribution in [0.1, 0.15) is 5.56 Å². The Morgan fingerprint density at radius 3 is 2.86 bits per heavy atom. The van der Waals surface area contributed by atoms with Gasteiger partial charge in [-0.25, -0.2) is 9.67 Å². The van der Waals surface area contributed by atoms with Crippen LogP contribution in [0.5, 0.6) is 5.75 Å². The van der Waals surface area contributed by atoms with E-state index in [-0.39, 0.29) is 0 Å². The molecule has 0 spiro atoms. The van der Waals surface area contributed by atoms with Crippen LogP contribution in [-0.4, -0.2) is 21.9 Å². The summed E-state index contributed by atoms with van der Waals surface area (Å²) in [4.78, 5) is 3.94. The lowest BCUT2D eigenvalue weighted by Crippen LogP contribution is -2.00. The third-order valence-electron chi connectivity index (χ3n) is 3.37. The van der Waals surface area contributed by atoms with Crippen LogP contribution in [0.4, 0.5) is 5.69 Å². The monoisotopic (exact) mass is 295 g/mol. The summed E-state index contributed by atoms with van der Waals surface area (Å²) in [5, 5.41) is 15.0. The fourth-order valence-electron chi connectivity index (χ4n) is 2.33. The molecule has 0 saturated carbocycles. The molecule has 0 amide bonds. The highest BCUT2D eigenvalue weighted by molar-refractivity contribution is 5.74. The number of methoxy groups -OCH3 is 1. The van der Waals surface area contributed by atoms with Crippen molar-refractivity contribution in [3.63, 3.8) is 0 Å². The minimum Gasteiger partial charge on any atom is -0.761 e. The van der Waals surface area contributed by atoms with E-state index in [4.69, 9.17) is 4.74 Å². The van der Waals surface area contributed by atoms with E-state index < -0.39 is 0 Å². The molecule has 0 aliphatic carbocycles. The van der Waals surface area contributed by atoms with E-state index >= 15 is 0 Å². The van der Waals surface area contributed by atoms with Gasteiger partial charge in [-0.1, -0.05) is 18.2 Å². The minimum atomic E-state index is 0.515. The highest BCUT2D eigenvalue weighted by Crippen LogP contribution is 2.32.